The van der Waals surface area contributed by atoms with Gasteiger partial charge >= 0.3 is 0 Å². The molecule has 5 heteroatoms. The van der Waals surface area contributed by atoms with Crippen molar-refractivity contribution in [3.05, 3.63) is 30.3 Å². The summed E-state index contributed by atoms with van der Waals surface area (Å²) in [4.78, 5) is 8.61. The molecule has 1 aromatic rings. The van der Waals surface area contributed by atoms with Gasteiger partial charge in [0.25, 0.3) is 0 Å². The number of rotatable bonds is 7. The van der Waals surface area contributed by atoms with E-state index in [4.69, 9.17) is 4.99 Å². The van der Waals surface area contributed by atoms with Crippen LogP contribution in [0, 0.1) is 5.92 Å². The molecule has 25 heavy (non-hydrogen) atoms. The predicted molar refractivity (Wildman–Crippen MR) is 111 cm³/mol. The largest absolute Gasteiger partial charge is 0.357 e. The number of hydrogen-bond donors (Lipinski definition) is 2. The Balaban J connectivity index is 1.79. The Kier molecular flexibility index (Phi) is 8.10. The molecule has 1 aliphatic rings. The van der Waals surface area contributed by atoms with Crippen LogP contribution in [0.2, 0.25) is 0 Å². The first-order chi connectivity index (χ1) is 12.0. The van der Waals surface area contributed by atoms with E-state index in [1.807, 2.05) is 11.8 Å². The summed E-state index contributed by atoms with van der Waals surface area (Å²) in [6, 6.07) is 10.7. The van der Waals surface area contributed by atoms with Gasteiger partial charge in [-0.05, 0) is 52.2 Å². The summed E-state index contributed by atoms with van der Waals surface area (Å²) in [5, 5.41) is 6.96. The molecular formula is C20H34N4S. The van der Waals surface area contributed by atoms with E-state index in [1.165, 1.54) is 17.1 Å². The van der Waals surface area contributed by atoms with Gasteiger partial charge in [-0.15, -0.1) is 11.8 Å². The lowest BCUT2D eigenvalue weighted by Crippen LogP contribution is -2.41. The molecule has 2 rings (SSSR count). The fourth-order valence-corrected chi connectivity index (χ4v) is 3.96. The third-order valence-corrected chi connectivity index (χ3v) is 5.42. The molecule has 1 atom stereocenters. The highest BCUT2D eigenvalue weighted by Crippen LogP contribution is 2.25. The number of likely N-dealkylation sites (tertiary alicyclic amines) is 1. The molecule has 0 spiro atoms. The van der Waals surface area contributed by atoms with Crippen molar-refractivity contribution in [1.29, 1.82) is 0 Å². The summed E-state index contributed by atoms with van der Waals surface area (Å²) < 4.78 is 0. The number of nitrogens with one attached hydrogen (secondary N) is 2. The molecule has 0 radical (unpaired) electrons. The maximum Gasteiger partial charge on any atom is 0.193 e. The maximum atomic E-state index is 4.81. The molecule has 1 saturated heterocycles. The van der Waals surface area contributed by atoms with E-state index in [2.05, 4.69) is 73.6 Å². The Morgan fingerprint density at radius 3 is 2.72 bits per heavy atom. The van der Waals surface area contributed by atoms with Gasteiger partial charge in [-0.2, -0.15) is 0 Å². The number of guanidine groups is 1. The molecule has 1 heterocycles. The highest BCUT2D eigenvalue weighted by atomic mass is 32.2. The summed E-state index contributed by atoms with van der Waals surface area (Å²) in [5.74, 6) is 3.00. The van der Waals surface area contributed by atoms with Crippen molar-refractivity contribution in [2.24, 2.45) is 10.9 Å². The lowest BCUT2D eigenvalue weighted by Gasteiger charge is -2.23. The van der Waals surface area contributed by atoms with E-state index >= 15 is 0 Å². The molecule has 0 saturated carbocycles. The smallest absolute Gasteiger partial charge is 0.193 e. The second-order valence-electron chi connectivity index (χ2n) is 7.64. The maximum absolute atomic E-state index is 4.81. The van der Waals surface area contributed by atoms with Crippen LogP contribution in [0.1, 0.15) is 34.1 Å². The van der Waals surface area contributed by atoms with Crippen molar-refractivity contribution < 1.29 is 0 Å². The van der Waals surface area contributed by atoms with Gasteiger partial charge in [0.1, 0.15) is 0 Å². The summed E-state index contributed by atoms with van der Waals surface area (Å²) in [6.45, 7) is 13.6. The van der Waals surface area contributed by atoms with E-state index in [-0.39, 0.29) is 5.54 Å². The van der Waals surface area contributed by atoms with Crippen LogP contribution in [0.3, 0.4) is 0 Å². The number of thioether (sulfide) groups is 1. The Hall–Kier alpha value is -1.20. The van der Waals surface area contributed by atoms with Gasteiger partial charge in [0.05, 0.1) is 6.54 Å². The lowest BCUT2D eigenvalue weighted by atomic mass is 10.1. The zero-order chi connectivity index (χ0) is 18.1. The second-order valence-corrected chi connectivity index (χ2v) is 8.73. The van der Waals surface area contributed by atoms with Crippen LogP contribution in [0.5, 0.6) is 0 Å². The van der Waals surface area contributed by atoms with Gasteiger partial charge in [-0.1, -0.05) is 18.2 Å². The molecule has 1 unspecified atom stereocenters. The topological polar surface area (TPSA) is 39.7 Å². The van der Waals surface area contributed by atoms with Crippen LogP contribution in [0.25, 0.3) is 0 Å². The highest BCUT2D eigenvalue weighted by molar-refractivity contribution is 7.99. The van der Waals surface area contributed by atoms with Crippen LogP contribution >= 0.6 is 11.8 Å². The Morgan fingerprint density at radius 2 is 2.04 bits per heavy atom. The quantitative estimate of drug-likeness (QED) is 0.337. The van der Waals surface area contributed by atoms with Gasteiger partial charge in [0.2, 0.25) is 0 Å². The predicted octanol–water partition coefficient (Wildman–Crippen LogP) is 3.45. The fraction of sp³-hybridized carbons (Fsp3) is 0.650. The van der Waals surface area contributed by atoms with Crippen LogP contribution in [0.15, 0.2) is 40.2 Å². The molecule has 0 amide bonds. The number of aliphatic imine (C=N–C) groups is 1. The Labute approximate surface area is 157 Å². The first kappa shape index (κ1) is 20.1. The van der Waals surface area contributed by atoms with Crippen LogP contribution < -0.4 is 10.6 Å². The third-order valence-electron chi connectivity index (χ3n) is 4.18. The lowest BCUT2D eigenvalue weighted by molar-refractivity contribution is 0.430. The van der Waals surface area contributed by atoms with Crippen molar-refractivity contribution >= 4 is 17.7 Å². The van der Waals surface area contributed by atoms with Crippen LogP contribution in [0.4, 0.5) is 0 Å². The van der Waals surface area contributed by atoms with E-state index in [9.17, 15) is 0 Å². The number of benzene rings is 1. The third kappa shape index (κ3) is 7.70. The molecule has 1 aromatic carbocycles. The van der Waals surface area contributed by atoms with Crippen LogP contribution in [-0.2, 0) is 0 Å². The zero-order valence-corrected chi connectivity index (χ0v) is 17.0. The molecule has 0 aromatic heterocycles. The SMILES string of the molecule is CCNC(=NCCNC(C)(C)C)N1CCC(CSc2ccccc2)C1. The van der Waals surface area contributed by atoms with Gasteiger partial charge in [-0.25, -0.2) is 0 Å². The van der Waals surface area contributed by atoms with E-state index < -0.39 is 0 Å². The van der Waals surface area contributed by atoms with Gasteiger partial charge < -0.3 is 15.5 Å². The summed E-state index contributed by atoms with van der Waals surface area (Å²) in [5.41, 5.74) is 0.154. The van der Waals surface area contributed by atoms with Crippen molar-refractivity contribution in [2.75, 3.05) is 38.5 Å². The molecule has 140 valence electrons. The molecule has 1 fully saturated rings. The summed E-state index contributed by atoms with van der Waals surface area (Å²) in [6.07, 6.45) is 1.25. The Morgan fingerprint density at radius 1 is 1.28 bits per heavy atom. The van der Waals surface area contributed by atoms with Gasteiger partial charge in [0, 0.05) is 42.4 Å². The number of nitrogens with zero attached hydrogens (tertiary/aromatic N) is 2. The second kappa shape index (κ2) is 10.1. The summed E-state index contributed by atoms with van der Waals surface area (Å²) in [7, 11) is 0. The normalized spacial score (nSPS) is 18.6. The van der Waals surface area contributed by atoms with Crippen molar-refractivity contribution in [3.8, 4) is 0 Å². The molecule has 2 N–H and O–H groups in total. The standard InChI is InChI=1S/C20H34N4S/c1-5-21-19(22-12-13-23-20(2,3)4)24-14-11-17(15-24)16-25-18-9-7-6-8-10-18/h6-10,17,23H,5,11-16H2,1-4H3,(H,21,22). The minimum Gasteiger partial charge on any atom is -0.357 e. The van der Waals surface area contributed by atoms with Crippen molar-refractivity contribution in [1.82, 2.24) is 15.5 Å². The number of hydrogen-bond acceptors (Lipinski definition) is 3. The van der Waals surface area contributed by atoms with E-state index in [0.717, 1.165) is 44.6 Å². The van der Waals surface area contributed by atoms with Gasteiger partial charge in [-0.3, -0.25) is 4.99 Å². The fourth-order valence-electron chi connectivity index (χ4n) is 2.91. The highest BCUT2D eigenvalue weighted by Gasteiger charge is 2.24. The van der Waals surface area contributed by atoms with Gasteiger partial charge in [0.15, 0.2) is 5.96 Å². The first-order valence-electron chi connectivity index (χ1n) is 9.44. The van der Waals surface area contributed by atoms with Crippen molar-refractivity contribution in [3.63, 3.8) is 0 Å². The molecule has 4 nitrogen and oxygen atoms in total. The van der Waals surface area contributed by atoms with E-state index in [1.54, 1.807) is 0 Å². The molecule has 1 aliphatic heterocycles. The average molecular weight is 363 g/mol. The summed E-state index contributed by atoms with van der Waals surface area (Å²) >= 11 is 1.97. The van der Waals surface area contributed by atoms with Crippen LogP contribution in [-0.4, -0.2) is 54.9 Å². The molecule has 0 bridgehead atoms. The minimum absolute atomic E-state index is 0.154. The first-order valence-corrected chi connectivity index (χ1v) is 10.4. The zero-order valence-electron chi connectivity index (χ0n) is 16.2. The molecule has 0 aliphatic carbocycles. The average Bonchev–Trinajstić information content (AvgIpc) is 3.05. The van der Waals surface area contributed by atoms with E-state index in [0.29, 0.717) is 0 Å². The monoisotopic (exact) mass is 362 g/mol. The minimum atomic E-state index is 0.154. The molecular weight excluding hydrogens is 328 g/mol. The Bertz CT molecular complexity index is 524. The van der Waals surface area contributed by atoms with Crippen molar-refractivity contribution in [2.45, 2.75) is 44.6 Å².